The third-order valence-electron chi connectivity index (χ3n) is 6.58. The third-order valence-corrected chi connectivity index (χ3v) is 6.58. The summed E-state index contributed by atoms with van der Waals surface area (Å²) < 4.78 is 14.5. The lowest BCUT2D eigenvalue weighted by Crippen LogP contribution is -2.27. The monoisotopic (exact) mass is 379 g/mol. The van der Waals surface area contributed by atoms with Crippen LogP contribution in [0.3, 0.4) is 0 Å². The molecule has 0 bridgehead atoms. The SMILES string of the molecule is Cc1cn2c(cc1=O)-c1c(cc(OCCC3CC3)c3c1CCO3)CC2C(C)C. The van der Waals surface area contributed by atoms with Gasteiger partial charge in [-0.2, -0.15) is 0 Å². The molecule has 1 atom stereocenters. The van der Waals surface area contributed by atoms with Crippen LogP contribution in [0, 0.1) is 18.8 Å². The highest BCUT2D eigenvalue weighted by atomic mass is 16.5. The molecule has 4 nitrogen and oxygen atoms in total. The molecule has 3 heterocycles. The van der Waals surface area contributed by atoms with E-state index in [1.807, 2.05) is 19.2 Å². The van der Waals surface area contributed by atoms with Crippen LogP contribution in [-0.2, 0) is 12.8 Å². The number of aryl methyl sites for hydroxylation is 1. The van der Waals surface area contributed by atoms with Crippen molar-refractivity contribution >= 4 is 0 Å². The Labute approximate surface area is 166 Å². The molecular weight excluding hydrogens is 350 g/mol. The van der Waals surface area contributed by atoms with Gasteiger partial charge in [0.1, 0.15) is 0 Å². The quantitative estimate of drug-likeness (QED) is 0.757. The van der Waals surface area contributed by atoms with Crippen LogP contribution < -0.4 is 14.9 Å². The van der Waals surface area contributed by atoms with Crippen molar-refractivity contribution in [3.8, 4) is 22.8 Å². The van der Waals surface area contributed by atoms with Gasteiger partial charge in [-0.15, -0.1) is 0 Å². The summed E-state index contributed by atoms with van der Waals surface area (Å²) in [5.41, 5.74) is 5.69. The van der Waals surface area contributed by atoms with E-state index in [0.29, 0.717) is 18.6 Å². The Morgan fingerprint density at radius 3 is 2.86 bits per heavy atom. The van der Waals surface area contributed by atoms with Gasteiger partial charge in [0.2, 0.25) is 0 Å². The van der Waals surface area contributed by atoms with Crippen molar-refractivity contribution in [3.63, 3.8) is 0 Å². The fraction of sp³-hybridized carbons (Fsp3) is 0.542. The molecule has 0 spiro atoms. The number of ether oxygens (including phenoxy) is 2. The van der Waals surface area contributed by atoms with E-state index in [0.717, 1.165) is 54.5 Å². The first-order valence-corrected chi connectivity index (χ1v) is 10.7. The van der Waals surface area contributed by atoms with E-state index >= 15 is 0 Å². The van der Waals surface area contributed by atoms with Gasteiger partial charge in [-0.1, -0.05) is 26.7 Å². The number of hydrogen-bond donors (Lipinski definition) is 0. The zero-order chi connectivity index (χ0) is 19.4. The van der Waals surface area contributed by atoms with Gasteiger partial charge < -0.3 is 14.0 Å². The molecule has 1 saturated carbocycles. The molecular formula is C24H29NO3. The van der Waals surface area contributed by atoms with Crippen molar-refractivity contribution in [1.82, 2.24) is 4.57 Å². The Morgan fingerprint density at radius 1 is 1.29 bits per heavy atom. The lowest BCUT2D eigenvalue weighted by atomic mass is 9.84. The summed E-state index contributed by atoms with van der Waals surface area (Å²) in [5.74, 6) is 3.14. The van der Waals surface area contributed by atoms with Gasteiger partial charge in [0, 0.05) is 41.4 Å². The summed E-state index contributed by atoms with van der Waals surface area (Å²) in [6, 6.07) is 4.37. The lowest BCUT2D eigenvalue weighted by molar-refractivity contribution is 0.275. The molecule has 0 saturated heterocycles. The van der Waals surface area contributed by atoms with Crippen LogP contribution in [0.1, 0.15) is 55.8 Å². The molecule has 1 aromatic heterocycles. The molecule has 3 aliphatic rings. The van der Waals surface area contributed by atoms with Crippen LogP contribution in [0.15, 0.2) is 23.1 Å². The zero-order valence-corrected chi connectivity index (χ0v) is 17.1. The standard InChI is InChI=1S/C24H29NO3/c1-14(2)19-10-17-11-22(27-8-6-16-4-5-16)24-18(7-9-28-24)23(17)20-12-21(26)15(3)13-25(19)20/h11-14,16,19H,4-10H2,1-3H3. The second kappa shape index (κ2) is 6.68. The molecule has 28 heavy (non-hydrogen) atoms. The molecule has 1 unspecified atom stereocenters. The first kappa shape index (κ1) is 17.8. The molecule has 5 rings (SSSR count). The molecule has 1 fully saturated rings. The first-order valence-electron chi connectivity index (χ1n) is 10.7. The molecule has 148 valence electrons. The number of aromatic nitrogens is 1. The fourth-order valence-corrected chi connectivity index (χ4v) is 4.74. The van der Waals surface area contributed by atoms with Gasteiger partial charge in [0.25, 0.3) is 0 Å². The Balaban J connectivity index is 1.63. The Kier molecular flexibility index (Phi) is 4.26. The molecule has 1 aromatic carbocycles. The molecule has 2 aliphatic heterocycles. The zero-order valence-electron chi connectivity index (χ0n) is 17.1. The van der Waals surface area contributed by atoms with Crippen LogP contribution in [0.2, 0.25) is 0 Å². The average Bonchev–Trinajstić information content (AvgIpc) is 3.35. The Morgan fingerprint density at radius 2 is 2.11 bits per heavy atom. The highest BCUT2D eigenvalue weighted by Gasteiger charge is 2.33. The highest BCUT2D eigenvalue weighted by molar-refractivity contribution is 5.76. The van der Waals surface area contributed by atoms with E-state index in [-0.39, 0.29) is 5.43 Å². The number of rotatable bonds is 5. The van der Waals surface area contributed by atoms with E-state index < -0.39 is 0 Å². The van der Waals surface area contributed by atoms with E-state index in [1.165, 1.54) is 29.5 Å². The van der Waals surface area contributed by atoms with E-state index in [9.17, 15) is 4.79 Å². The Hall–Kier alpha value is -2.23. The first-order chi connectivity index (χ1) is 13.5. The summed E-state index contributed by atoms with van der Waals surface area (Å²) in [5, 5.41) is 0. The Bertz CT molecular complexity index is 984. The van der Waals surface area contributed by atoms with Crippen LogP contribution in [-0.4, -0.2) is 17.8 Å². The minimum absolute atomic E-state index is 0.110. The molecule has 0 N–H and O–H groups in total. The van der Waals surface area contributed by atoms with Crippen molar-refractivity contribution in [1.29, 1.82) is 0 Å². The van der Waals surface area contributed by atoms with Gasteiger partial charge in [-0.3, -0.25) is 4.79 Å². The number of benzene rings is 1. The van der Waals surface area contributed by atoms with Crippen molar-refractivity contribution in [2.45, 2.75) is 58.9 Å². The molecule has 4 heteroatoms. The second-order valence-corrected chi connectivity index (χ2v) is 9.02. The van der Waals surface area contributed by atoms with Crippen molar-refractivity contribution in [2.75, 3.05) is 13.2 Å². The fourth-order valence-electron chi connectivity index (χ4n) is 4.74. The van der Waals surface area contributed by atoms with Gasteiger partial charge in [0.15, 0.2) is 16.9 Å². The van der Waals surface area contributed by atoms with Gasteiger partial charge in [-0.05, 0) is 43.2 Å². The second-order valence-electron chi connectivity index (χ2n) is 9.02. The summed E-state index contributed by atoms with van der Waals surface area (Å²) >= 11 is 0. The van der Waals surface area contributed by atoms with Gasteiger partial charge in [-0.25, -0.2) is 0 Å². The number of pyridine rings is 1. The molecule has 2 aromatic rings. The minimum atomic E-state index is 0.110. The predicted molar refractivity (Wildman–Crippen MR) is 110 cm³/mol. The highest BCUT2D eigenvalue weighted by Crippen LogP contribution is 2.48. The van der Waals surface area contributed by atoms with Crippen LogP contribution in [0.4, 0.5) is 0 Å². The molecule has 1 aliphatic carbocycles. The maximum Gasteiger partial charge on any atom is 0.185 e. The van der Waals surface area contributed by atoms with E-state index in [4.69, 9.17) is 9.47 Å². The maximum atomic E-state index is 12.5. The van der Waals surface area contributed by atoms with Gasteiger partial charge in [0.05, 0.1) is 18.9 Å². The number of nitrogens with zero attached hydrogens (tertiary/aromatic N) is 1. The number of fused-ring (bicyclic) bond motifs is 5. The lowest BCUT2D eigenvalue weighted by Gasteiger charge is -2.34. The van der Waals surface area contributed by atoms with E-state index in [2.05, 4.69) is 24.5 Å². The minimum Gasteiger partial charge on any atom is -0.490 e. The predicted octanol–water partition coefficient (Wildman–Crippen LogP) is 4.69. The summed E-state index contributed by atoms with van der Waals surface area (Å²) in [6.07, 6.45) is 7.73. The van der Waals surface area contributed by atoms with Crippen molar-refractivity contribution in [3.05, 3.63) is 45.2 Å². The molecule has 0 radical (unpaired) electrons. The normalized spacial score (nSPS) is 19.8. The summed E-state index contributed by atoms with van der Waals surface area (Å²) in [4.78, 5) is 12.5. The summed E-state index contributed by atoms with van der Waals surface area (Å²) in [6.45, 7) is 7.89. The van der Waals surface area contributed by atoms with E-state index in [1.54, 1.807) is 0 Å². The summed E-state index contributed by atoms with van der Waals surface area (Å²) in [7, 11) is 0. The van der Waals surface area contributed by atoms with Gasteiger partial charge >= 0.3 is 0 Å². The van der Waals surface area contributed by atoms with Crippen molar-refractivity contribution in [2.24, 2.45) is 11.8 Å². The number of hydrogen-bond acceptors (Lipinski definition) is 3. The third kappa shape index (κ3) is 2.94. The van der Waals surface area contributed by atoms with Crippen LogP contribution in [0.5, 0.6) is 11.5 Å². The maximum absolute atomic E-state index is 12.5. The van der Waals surface area contributed by atoms with Crippen molar-refractivity contribution < 1.29 is 9.47 Å². The largest absolute Gasteiger partial charge is 0.490 e. The van der Waals surface area contributed by atoms with Crippen LogP contribution >= 0.6 is 0 Å². The molecule has 0 amide bonds. The van der Waals surface area contributed by atoms with Crippen LogP contribution in [0.25, 0.3) is 11.3 Å². The topological polar surface area (TPSA) is 40.5 Å². The average molecular weight is 380 g/mol. The smallest absolute Gasteiger partial charge is 0.185 e.